The molecule has 35 heavy (non-hydrogen) atoms. The Bertz CT molecular complexity index is 1170. The average molecular weight is 497 g/mol. The number of imidazole rings is 1. The number of thiophene rings is 1. The van der Waals surface area contributed by atoms with E-state index in [1.807, 2.05) is 22.1 Å². The lowest BCUT2D eigenvalue weighted by Gasteiger charge is -2.21. The maximum Gasteiger partial charge on any atom is 0.305 e. The number of carbonyl (C=O) groups excluding carboxylic acids is 3. The third-order valence-corrected chi connectivity index (χ3v) is 7.19. The van der Waals surface area contributed by atoms with Gasteiger partial charge in [-0.05, 0) is 61.7 Å². The summed E-state index contributed by atoms with van der Waals surface area (Å²) in [6.45, 7) is 3.30. The van der Waals surface area contributed by atoms with E-state index in [0.29, 0.717) is 53.9 Å². The van der Waals surface area contributed by atoms with Crippen LogP contribution < -0.4 is 10.6 Å². The number of aromatic nitrogens is 2. The molecular formula is C26H32N4O4S. The number of anilines is 1. The van der Waals surface area contributed by atoms with E-state index in [-0.39, 0.29) is 24.2 Å². The lowest BCUT2D eigenvalue weighted by molar-refractivity contribution is -0.143. The zero-order valence-corrected chi connectivity index (χ0v) is 20.9. The van der Waals surface area contributed by atoms with Crippen LogP contribution in [0.4, 0.5) is 5.95 Å². The Labute approximate surface area is 209 Å². The number of nitrogens with one attached hydrogen (secondary N) is 2. The molecule has 1 aliphatic rings. The van der Waals surface area contributed by atoms with Crippen LogP contribution in [0.2, 0.25) is 0 Å². The summed E-state index contributed by atoms with van der Waals surface area (Å²) in [7, 11) is 0. The maximum atomic E-state index is 12.8. The lowest BCUT2D eigenvalue weighted by atomic mass is 9.89. The molecule has 186 valence electrons. The number of benzene rings is 1. The van der Waals surface area contributed by atoms with Crippen molar-refractivity contribution in [2.24, 2.45) is 5.92 Å². The average Bonchev–Trinajstić information content (AvgIpc) is 3.52. The molecule has 0 unspecified atom stereocenters. The maximum absolute atomic E-state index is 12.8. The molecule has 0 radical (unpaired) electrons. The number of ether oxygens (including phenoxy) is 1. The predicted octanol–water partition coefficient (Wildman–Crippen LogP) is 5.00. The summed E-state index contributed by atoms with van der Waals surface area (Å²) in [6.07, 6.45) is 6.91. The minimum Gasteiger partial charge on any atom is -0.466 e. The van der Waals surface area contributed by atoms with Crippen molar-refractivity contribution >= 4 is 46.1 Å². The monoisotopic (exact) mass is 496 g/mol. The van der Waals surface area contributed by atoms with Crippen molar-refractivity contribution in [2.45, 2.75) is 58.4 Å². The van der Waals surface area contributed by atoms with Crippen LogP contribution in [0.25, 0.3) is 11.0 Å². The SMILES string of the molecule is CCOC(=O)CCCn1c(NC(=O)c2cccs2)nc2cc(C(=O)NCC3CCCCC3)ccc21. The number of hydrogen-bond acceptors (Lipinski definition) is 6. The van der Waals surface area contributed by atoms with Crippen LogP contribution in [0.15, 0.2) is 35.7 Å². The highest BCUT2D eigenvalue weighted by Crippen LogP contribution is 2.25. The molecule has 2 heterocycles. The minimum atomic E-state index is -0.252. The van der Waals surface area contributed by atoms with Gasteiger partial charge in [-0.3, -0.25) is 19.7 Å². The molecule has 2 amide bonds. The highest BCUT2D eigenvalue weighted by Gasteiger charge is 2.18. The molecule has 0 saturated heterocycles. The van der Waals surface area contributed by atoms with Gasteiger partial charge in [0.1, 0.15) is 0 Å². The number of rotatable bonds is 10. The zero-order valence-electron chi connectivity index (χ0n) is 20.0. The topological polar surface area (TPSA) is 102 Å². The second-order valence-electron chi connectivity index (χ2n) is 8.84. The van der Waals surface area contributed by atoms with E-state index >= 15 is 0 Å². The Kier molecular flexibility index (Phi) is 8.52. The fraction of sp³-hybridized carbons (Fsp3) is 0.462. The summed E-state index contributed by atoms with van der Waals surface area (Å²) in [5.41, 5.74) is 1.95. The molecule has 0 aliphatic heterocycles. The lowest BCUT2D eigenvalue weighted by Crippen LogP contribution is -2.30. The van der Waals surface area contributed by atoms with Gasteiger partial charge in [-0.2, -0.15) is 0 Å². The Balaban J connectivity index is 1.52. The fourth-order valence-corrected chi connectivity index (χ4v) is 5.13. The van der Waals surface area contributed by atoms with Gasteiger partial charge in [0.25, 0.3) is 11.8 Å². The fourth-order valence-electron chi connectivity index (χ4n) is 4.51. The van der Waals surface area contributed by atoms with Crippen molar-refractivity contribution in [3.8, 4) is 0 Å². The van der Waals surface area contributed by atoms with Gasteiger partial charge in [0.2, 0.25) is 5.95 Å². The summed E-state index contributed by atoms with van der Waals surface area (Å²) in [5.74, 6) is 0.333. The van der Waals surface area contributed by atoms with Gasteiger partial charge in [-0.25, -0.2) is 4.98 Å². The number of carbonyl (C=O) groups is 3. The van der Waals surface area contributed by atoms with Crippen molar-refractivity contribution in [2.75, 3.05) is 18.5 Å². The van der Waals surface area contributed by atoms with Crippen LogP contribution in [-0.2, 0) is 16.1 Å². The van der Waals surface area contributed by atoms with E-state index in [1.54, 1.807) is 25.1 Å². The molecule has 0 bridgehead atoms. The van der Waals surface area contributed by atoms with E-state index in [1.165, 1.54) is 43.4 Å². The highest BCUT2D eigenvalue weighted by atomic mass is 32.1. The van der Waals surface area contributed by atoms with Crippen LogP contribution in [0.5, 0.6) is 0 Å². The van der Waals surface area contributed by atoms with Gasteiger partial charge in [0, 0.05) is 25.1 Å². The van der Waals surface area contributed by atoms with Gasteiger partial charge < -0.3 is 14.6 Å². The summed E-state index contributed by atoms with van der Waals surface area (Å²) >= 11 is 1.35. The van der Waals surface area contributed by atoms with E-state index in [2.05, 4.69) is 15.6 Å². The highest BCUT2D eigenvalue weighted by molar-refractivity contribution is 7.12. The number of aryl methyl sites for hydroxylation is 1. The number of fused-ring (bicyclic) bond motifs is 1. The number of amides is 2. The smallest absolute Gasteiger partial charge is 0.305 e. The predicted molar refractivity (Wildman–Crippen MR) is 137 cm³/mol. The molecule has 2 aromatic heterocycles. The van der Waals surface area contributed by atoms with Gasteiger partial charge in [-0.1, -0.05) is 25.3 Å². The Hall–Kier alpha value is -3.20. The van der Waals surface area contributed by atoms with Crippen LogP contribution in [0.1, 0.15) is 71.9 Å². The van der Waals surface area contributed by atoms with Gasteiger partial charge in [0.15, 0.2) is 0 Å². The first-order valence-electron chi connectivity index (χ1n) is 12.3. The van der Waals surface area contributed by atoms with E-state index < -0.39 is 0 Å². The third-order valence-electron chi connectivity index (χ3n) is 6.32. The number of nitrogens with zero attached hydrogens (tertiary/aromatic N) is 2. The van der Waals surface area contributed by atoms with E-state index in [0.717, 1.165) is 5.52 Å². The van der Waals surface area contributed by atoms with Crippen LogP contribution in [-0.4, -0.2) is 40.5 Å². The first-order chi connectivity index (χ1) is 17.0. The quantitative estimate of drug-likeness (QED) is 0.385. The minimum absolute atomic E-state index is 0.112. The van der Waals surface area contributed by atoms with Crippen LogP contribution in [0.3, 0.4) is 0 Å². The molecule has 8 nitrogen and oxygen atoms in total. The molecule has 1 aliphatic carbocycles. The van der Waals surface area contributed by atoms with Crippen LogP contribution in [0, 0.1) is 5.92 Å². The molecule has 0 spiro atoms. The largest absolute Gasteiger partial charge is 0.466 e. The second kappa shape index (κ2) is 12.0. The third kappa shape index (κ3) is 6.48. The molecule has 2 N–H and O–H groups in total. The normalized spacial score (nSPS) is 14.1. The molecule has 9 heteroatoms. The molecule has 0 atom stereocenters. The first kappa shape index (κ1) is 24.9. The summed E-state index contributed by atoms with van der Waals surface area (Å²) in [5, 5.41) is 7.80. The van der Waals surface area contributed by atoms with E-state index in [9.17, 15) is 14.4 Å². The summed E-state index contributed by atoms with van der Waals surface area (Å²) in [4.78, 5) is 42.5. The van der Waals surface area contributed by atoms with Gasteiger partial charge >= 0.3 is 5.97 Å². The molecule has 4 rings (SSSR count). The van der Waals surface area contributed by atoms with E-state index in [4.69, 9.17) is 4.74 Å². The van der Waals surface area contributed by atoms with Crippen molar-refractivity contribution in [1.82, 2.24) is 14.9 Å². The molecule has 1 saturated carbocycles. The molecule has 1 aromatic carbocycles. The van der Waals surface area contributed by atoms with Gasteiger partial charge in [0.05, 0.1) is 22.5 Å². The number of esters is 1. The standard InChI is InChI=1S/C26H32N4O4S/c1-2-34-23(31)11-6-14-30-21-13-12-19(24(32)27-17-18-8-4-3-5-9-18)16-20(21)28-26(30)29-25(33)22-10-7-15-35-22/h7,10,12-13,15-16,18H,2-6,8-9,11,14,17H2,1H3,(H,27,32)(H,28,29,33). The van der Waals surface area contributed by atoms with Crippen molar-refractivity contribution < 1.29 is 19.1 Å². The van der Waals surface area contributed by atoms with Crippen molar-refractivity contribution in [1.29, 1.82) is 0 Å². The Morgan fingerprint density at radius 2 is 1.97 bits per heavy atom. The summed E-state index contributed by atoms with van der Waals surface area (Å²) in [6, 6.07) is 8.97. The second-order valence-corrected chi connectivity index (χ2v) is 9.79. The van der Waals surface area contributed by atoms with Crippen LogP contribution >= 0.6 is 11.3 Å². The van der Waals surface area contributed by atoms with Gasteiger partial charge in [-0.15, -0.1) is 11.3 Å². The Morgan fingerprint density at radius 3 is 2.71 bits per heavy atom. The first-order valence-corrected chi connectivity index (χ1v) is 13.2. The number of hydrogen-bond donors (Lipinski definition) is 2. The Morgan fingerprint density at radius 1 is 1.14 bits per heavy atom. The molecule has 3 aromatic rings. The van der Waals surface area contributed by atoms with Crippen molar-refractivity contribution in [3.63, 3.8) is 0 Å². The molecule has 1 fully saturated rings. The zero-order chi connectivity index (χ0) is 24.6. The molecular weight excluding hydrogens is 464 g/mol. The van der Waals surface area contributed by atoms with Crippen molar-refractivity contribution in [3.05, 3.63) is 46.2 Å². The summed E-state index contributed by atoms with van der Waals surface area (Å²) < 4.78 is 6.90.